The highest BCUT2D eigenvalue weighted by Crippen LogP contribution is 2.36. The van der Waals surface area contributed by atoms with E-state index < -0.39 is 5.60 Å². The van der Waals surface area contributed by atoms with E-state index in [4.69, 9.17) is 0 Å². The van der Waals surface area contributed by atoms with Gasteiger partial charge in [-0.05, 0) is 31.1 Å². The van der Waals surface area contributed by atoms with Crippen molar-refractivity contribution in [2.75, 3.05) is 0 Å². The van der Waals surface area contributed by atoms with E-state index in [-0.39, 0.29) is 17.1 Å². The zero-order valence-electron chi connectivity index (χ0n) is 7.82. The monoisotopic (exact) mass is 192 g/mol. The van der Waals surface area contributed by atoms with Crippen LogP contribution in [-0.2, 0) is 9.59 Å². The molecule has 2 rings (SSSR count). The molecule has 0 atom stereocenters. The summed E-state index contributed by atoms with van der Waals surface area (Å²) in [5, 5.41) is 10.1. The molecule has 0 radical (unpaired) electrons. The van der Waals surface area contributed by atoms with Crippen molar-refractivity contribution in [1.82, 2.24) is 0 Å². The van der Waals surface area contributed by atoms with Crippen molar-refractivity contribution in [3.63, 3.8) is 0 Å². The standard InChI is InChI=1S/C11H12O3/c12-8-3-4-10(13)9(7-8)11(14)5-1-2-6-11/h3-4,7,14H,1-2,5-6H2. The third-order valence-corrected chi connectivity index (χ3v) is 2.88. The van der Waals surface area contributed by atoms with Crippen LogP contribution >= 0.6 is 0 Å². The van der Waals surface area contributed by atoms with E-state index in [1.165, 1.54) is 18.2 Å². The second-order valence-electron chi connectivity index (χ2n) is 3.90. The highest BCUT2D eigenvalue weighted by molar-refractivity contribution is 6.18. The lowest BCUT2D eigenvalue weighted by molar-refractivity contribution is -0.116. The fraction of sp³-hybridized carbons (Fsp3) is 0.455. The predicted molar refractivity (Wildman–Crippen MR) is 50.7 cm³/mol. The Bertz CT molecular complexity index is 344. The summed E-state index contributed by atoms with van der Waals surface area (Å²) in [5.41, 5.74) is -0.764. The van der Waals surface area contributed by atoms with Gasteiger partial charge in [0.05, 0.1) is 5.60 Å². The van der Waals surface area contributed by atoms with Gasteiger partial charge in [0.25, 0.3) is 0 Å². The van der Waals surface area contributed by atoms with E-state index in [2.05, 4.69) is 0 Å². The van der Waals surface area contributed by atoms with Gasteiger partial charge in [-0.25, -0.2) is 0 Å². The van der Waals surface area contributed by atoms with Gasteiger partial charge in [-0.15, -0.1) is 0 Å². The maximum Gasteiger partial charge on any atom is 0.184 e. The van der Waals surface area contributed by atoms with Crippen LogP contribution in [0.2, 0.25) is 0 Å². The number of rotatable bonds is 1. The van der Waals surface area contributed by atoms with E-state index in [9.17, 15) is 14.7 Å². The Hall–Kier alpha value is -1.22. The number of hydrogen-bond donors (Lipinski definition) is 1. The molecule has 0 unspecified atom stereocenters. The summed E-state index contributed by atoms with van der Waals surface area (Å²) in [4.78, 5) is 22.6. The zero-order chi connectivity index (χ0) is 10.2. The molecule has 0 saturated heterocycles. The maximum atomic E-state index is 11.5. The van der Waals surface area contributed by atoms with Crippen LogP contribution in [0.5, 0.6) is 0 Å². The Balaban J connectivity index is 2.33. The second-order valence-corrected chi connectivity index (χ2v) is 3.90. The molecule has 3 heteroatoms. The SMILES string of the molecule is O=C1C=CC(=O)C(C2(O)CCCC2)=C1. The van der Waals surface area contributed by atoms with Crippen molar-refractivity contribution in [3.8, 4) is 0 Å². The molecule has 0 aromatic heterocycles. The zero-order valence-corrected chi connectivity index (χ0v) is 7.82. The molecule has 0 bridgehead atoms. The fourth-order valence-corrected chi connectivity index (χ4v) is 2.10. The van der Waals surface area contributed by atoms with Crippen LogP contribution in [0.1, 0.15) is 25.7 Å². The minimum atomic E-state index is -1.04. The molecule has 2 aliphatic carbocycles. The van der Waals surface area contributed by atoms with Gasteiger partial charge < -0.3 is 5.11 Å². The first kappa shape index (κ1) is 9.34. The molecule has 0 spiro atoms. The minimum Gasteiger partial charge on any atom is -0.385 e. The Kier molecular flexibility index (Phi) is 2.11. The third-order valence-electron chi connectivity index (χ3n) is 2.88. The quantitative estimate of drug-likeness (QED) is 0.629. The lowest BCUT2D eigenvalue weighted by Crippen LogP contribution is -2.32. The van der Waals surface area contributed by atoms with Crippen LogP contribution in [-0.4, -0.2) is 22.3 Å². The average Bonchev–Trinajstić information content (AvgIpc) is 2.58. The van der Waals surface area contributed by atoms with Gasteiger partial charge in [0.1, 0.15) is 0 Å². The van der Waals surface area contributed by atoms with Crippen molar-refractivity contribution in [1.29, 1.82) is 0 Å². The molecule has 0 amide bonds. The van der Waals surface area contributed by atoms with Gasteiger partial charge in [-0.2, -0.15) is 0 Å². The molecule has 1 saturated carbocycles. The fourth-order valence-electron chi connectivity index (χ4n) is 2.10. The highest BCUT2D eigenvalue weighted by atomic mass is 16.3. The number of aliphatic hydroxyl groups is 1. The van der Waals surface area contributed by atoms with Gasteiger partial charge in [0, 0.05) is 5.57 Å². The predicted octanol–water partition coefficient (Wildman–Crippen LogP) is 0.926. The Labute approximate surface area is 82.1 Å². The van der Waals surface area contributed by atoms with E-state index in [1.807, 2.05) is 0 Å². The third kappa shape index (κ3) is 1.44. The van der Waals surface area contributed by atoms with Gasteiger partial charge >= 0.3 is 0 Å². The number of hydrogen-bond acceptors (Lipinski definition) is 3. The van der Waals surface area contributed by atoms with Crippen LogP contribution in [0.15, 0.2) is 23.8 Å². The second kappa shape index (κ2) is 3.17. The first-order valence-corrected chi connectivity index (χ1v) is 4.83. The smallest absolute Gasteiger partial charge is 0.184 e. The van der Waals surface area contributed by atoms with Gasteiger partial charge in [0.15, 0.2) is 11.6 Å². The molecular formula is C11H12O3. The van der Waals surface area contributed by atoms with Crippen molar-refractivity contribution >= 4 is 11.6 Å². The van der Waals surface area contributed by atoms with E-state index in [1.54, 1.807) is 0 Å². The molecule has 3 nitrogen and oxygen atoms in total. The molecule has 0 aromatic rings. The molecule has 1 fully saturated rings. The summed E-state index contributed by atoms with van der Waals surface area (Å²) in [6.45, 7) is 0. The summed E-state index contributed by atoms with van der Waals surface area (Å²) in [5.74, 6) is -0.436. The number of ketones is 2. The maximum absolute atomic E-state index is 11.5. The normalized spacial score (nSPS) is 25.4. The average molecular weight is 192 g/mol. The molecule has 2 aliphatic rings. The molecular weight excluding hydrogens is 180 g/mol. The largest absolute Gasteiger partial charge is 0.385 e. The first-order chi connectivity index (χ1) is 6.62. The summed E-state index contributed by atoms with van der Waals surface area (Å²) < 4.78 is 0. The number of allylic oxidation sites excluding steroid dienone is 3. The van der Waals surface area contributed by atoms with Gasteiger partial charge in [0.2, 0.25) is 0 Å². The van der Waals surface area contributed by atoms with E-state index in [0.717, 1.165) is 12.8 Å². The van der Waals surface area contributed by atoms with Crippen LogP contribution in [0, 0.1) is 0 Å². The van der Waals surface area contributed by atoms with Gasteiger partial charge in [-0.1, -0.05) is 12.8 Å². The van der Waals surface area contributed by atoms with Crippen LogP contribution in [0.4, 0.5) is 0 Å². The lowest BCUT2D eigenvalue weighted by atomic mass is 9.86. The topological polar surface area (TPSA) is 54.4 Å². The molecule has 1 N–H and O–H groups in total. The Morgan fingerprint density at radius 3 is 2.43 bits per heavy atom. The summed E-state index contributed by atoms with van der Waals surface area (Å²) in [6.07, 6.45) is 6.77. The minimum absolute atomic E-state index is 0.208. The summed E-state index contributed by atoms with van der Waals surface area (Å²) >= 11 is 0. The molecule has 0 aromatic carbocycles. The Morgan fingerprint density at radius 1 is 1.14 bits per heavy atom. The molecule has 74 valence electrons. The molecule has 14 heavy (non-hydrogen) atoms. The summed E-state index contributed by atoms with van der Waals surface area (Å²) in [7, 11) is 0. The number of carbonyl (C=O) groups excluding carboxylic acids is 2. The van der Waals surface area contributed by atoms with E-state index >= 15 is 0 Å². The van der Waals surface area contributed by atoms with Crippen molar-refractivity contribution in [3.05, 3.63) is 23.8 Å². The van der Waals surface area contributed by atoms with Crippen molar-refractivity contribution in [2.45, 2.75) is 31.3 Å². The van der Waals surface area contributed by atoms with Crippen LogP contribution in [0.3, 0.4) is 0 Å². The van der Waals surface area contributed by atoms with Gasteiger partial charge in [-0.3, -0.25) is 9.59 Å². The number of carbonyl (C=O) groups is 2. The van der Waals surface area contributed by atoms with Crippen LogP contribution in [0.25, 0.3) is 0 Å². The molecule has 0 heterocycles. The lowest BCUT2D eigenvalue weighted by Gasteiger charge is -2.24. The Morgan fingerprint density at radius 2 is 1.79 bits per heavy atom. The van der Waals surface area contributed by atoms with Crippen molar-refractivity contribution < 1.29 is 14.7 Å². The first-order valence-electron chi connectivity index (χ1n) is 4.83. The van der Waals surface area contributed by atoms with Crippen LogP contribution < -0.4 is 0 Å². The van der Waals surface area contributed by atoms with E-state index in [0.29, 0.717) is 12.8 Å². The highest BCUT2D eigenvalue weighted by Gasteiger charge is 2.38. The molecule has 0 aliphatic heterocycles. The summed E-state index contributed by atoms with van der Waals surface area (Å²) in [6, 6.07) is 0. The van der Waals surface area contributed by atoms with Crippen molar-refractivity contribution in [2.24, 2.45) is 0 Å².